The molecule has 0 aliphatic rings. The van der Waals surface area contributed by atoms with E-state index in [1.807, 2.05) is 4.98 Å². The highest BCUT2D eigenvalue weighted by Gasteiger charge is 2.26. The Hall–Kier alpha value is -1.89. The molecule has 0 aliphatic carbocycles. The van der Waals surface area contributed by atoms with Crippen molar-refractivity contribution in [3.8, 4) is 0 Å². The summed E-state index contributed by atoms with van der Waals surface area (Å²) in [6, 6.07) is 0.981. The molecular weight excluding hydrogens is 226 g/mol. The lowest BCUT2D eigenvalue weighted by Gasteiger charge is -2.29. The molecule has 0 spiro atoms. The number of aliphatic hydroxyl groups is 1. The first-order valence-electron chi connectivity index (χ1n) is 5.06. The van der Waals surface area contributed by atoms with E-state index in [1.165, 1.54) is 6.92 Å². The number of amides is 1. The minimum Gasteiger partial charge on any atom is -0.391 e. The van der Waals surface area contributed by atoms with E-state index in [-0.39, 0.29) is 5.69 Å². The van der Waals surface area contributed by atoms with Crippen LogP contribution in [0.15, 0.2) is 15.7 Å². The van der Waals surface area contributed by atoms with Crippen LogP contribution in [-0.4, -0.2) is 32.6 Å². The lowest BCUT2D eigenvalue weighted by atomic mass is 9.98. The molecule has 7 nitrogen and oxygen atoms in total. The molecule has 17 heavy (non-hydrogen) atoms. The number of hydrogen-bond acceptors (Lipinski definition) is 4. The smallest absolute Gasteiger partial charge is 0.326 e. The van der Waals surface area contributed by atoms with E-state index in [0.717, 1.165) is 6.07 Å². The van der Waals surface area contributed by atoms with Crippen molar-refractivity contribution in [1.29, 1.82) is 0 Å². The average molecular weight is 241 g/mol. The Kier molecular flexibility index (Phi) is 3.52. The first-order chi connectivity index (χ1) is 7.72. The number of aromatic amines is 2. The van der Waals surface area contributed by atoms with Gasteiger partial charge in [-0.25, -0.2) is 4.79 Å². The van der Waals surface area contributed by atoms with E-state index in [0.29, 0.717) is 0 Å². The van der Waals surface area contributed by atoms with Gasteiger partial charge < -0.3 is 15.4 Å². The van der Waals surface area contributed by atoms with Crippen LogP contribution in [0.1, 0.15) is 31.3 Å². The predicted octanol–water partition coefficient (Wildman–Crippen LogP) is -1.05. The topological polar surface area (TPSA) is 115 Å². The number of carbonyl (C=O) groups is 1. The van der Waals surface area contributed by atoms with Gasteiger partial charge in [0, 0.05) is 6.07 Å². The predicted molar refractivity (Wildman–Crippen MR) is 60.9 cm³/mol. The SMILES string of the molecule is CC(O)C(C)(C)NC(=O)c1cc(=O)[nH]c(=O)[nH]1. The molecular formula is C10H15N3O4. The number of carbonyl (C=O) groups excluding carboxylic acids is 1. The molecule has 1 aromatic rings. The van der Waals surface area contributed by atoms with E-state index < -0.39 is 28.8 Å². The first kappa shape index (κ1) is 13.2. The second kappa shape index (κ2) is 4.54. The minimum atomic E-state index is -0.865. The average Bonchev–Trinajstić information content (AvgIpc) is 2.15. The van der Waals surface area contributed by atoms with Gasteiger partial charge in [0.1, 0.15) is 5.69 Å². The monoisotopic (exact) mass is 241 g/mol. The number of rotatable bonds is 3. The van der Waals surface area contributed by atoms with Crippen molar-refractivity contribution in [2.75, 3.05) is 0 Å². The second-order valence-electron chi connectivity index (χ2n) is 4.35. The van der Waals surface area contributed by atoms with Crippen LogP contribution >= 0.6 is 0 Å². The molecule has 94 valence electrons. The van der Waals surface area contributed by atoms with Crippen LogP contribution in [0.4, 0.5) is 0 Å². The molecule has 1 amide bonds. The molecule has 7 heteroatoms. The van der Waals surface area contributed by atoms with Crippen LogP contribution in [-0.2, 0) is 0 Å². The van der Waals surface area contributed by atoms with Crippen molar-refractivity contribution in [1.82, 2.24) is 15.3 Å². The molecule has 4 N–H and O–H groups in total. The van der Waals surface area contributed by atoms with Gasteiger partial charge in [0.2, 0.25) is 0 Å². The van der Waals surface area contributed by atoms with Crippen molar-refractivity contribution in [2.45, 2.75) is 32.4 Å². The molecule has 1 aromatic heterocycles. The van der Waals surface area contributed by atoms with Gasteiger partial charge in [-0.1, -0.05) is 0 Å². The van der Waals surface area contributed by atoms with Gasteiger partial charge >= 0.3 is 5.69 Å². The lowest BCUT2D eigenvalue weighted by Crippen LogP contribution is -2.51. The maximum absolute atomic E-state index is 11.7. The molecule has 0 saturated carbocycles. The molecule has 0 fully saturated rings. The fourth-order valence-corrected chi connectivity index (χ4v) is 1.06. The molecule has 0 saturated heterocycles. The van der Waals surface area contributed by atoms with Crippen molar-refractivity contribution >= 4 is 5.91 Å². The third kappa shape index (κ3) is 3.28. The molecule has 1 atom stereocenters. The molecule has 1 heterocycles. The summed E-state index contributed by atoms with van der Waals surface area (Å²) in [5.41, 5.74) is -2.42. The first-order valence-corrected chi connectivity index (χ1v) is 5.06. The maximum atomic E-state index is 11.7. The third-order valence-corrected chi connectivity index (χ3v) is 2.49. The van der Waals surface area contributed by atoms with Crippen molar-refractivity contribution in [3.63, 3.8) is 0 Å². The number of aliphatic hydroxyl groups excluding tert-OH is 1. The van der Waals surface area contributed by atoms with E-state index in [4.69, 9.17) is 0 Å². The third-order valence-electron chi connectivity index (χ3n) is 2.49. The van der Waals surface area contributed by atoms with Crippen LogP contribution in [0.25, 0.3) is 0 Å². The van der Waals surface area contributed by atoms with Gasteiger partial charge in [-0.15, -0.1) is 0 Å². The quantitative estimate of drug-likeness (QED) is 0.540. The number of H-pyrrole nitrogens is 2. The second-order valence-corrected chi connectivity index (χ2v) is 4.35. The highest BCUT2D eigenvalue weighted by atomic mass is 16.3. The summed E-state index contributed by atoms with van der Waals surface area (Å²) >= 11 is 0. The number of nitrogens with one attached hydrogen (secondary N) is 3. The fraction of sp³-hybridized carbons (Fsp3) is 0.500. The Labute approximate surface area is 96.9 Å². The number of aromatic nitrogens is 2. The highest BCUT2D eigenvalue weighted by Crippen LogP contribution is 2.08. The Bertz CT molecular complexity index is 499. The van der Waals surface area contributed by atoms with Gasteiger partial charge in [0.15, 0.2) is 0 Å². The van der Waals surface area contributed by atoms with Gasteiger partial charge in [-0.2, -0.15) is 0 Å². The Morgan fingerprint density at radius 2 is 2.00 bits per heavy atom. The Balaban J connectivity index is 2.99. The van der Waals surface area contributed by atoms with Crippen molar-refractivity contribution in [3.05, 3.63) is 32.6 Å². The van der Waals surface area contributed by atoms with Gasteiger partial charge in [0.25, 0.3) is 11.5 Å². The largest absolute Gasteiger partial charge is 0.391 e. The zero-order chi connectivity index (χ0) is 13.2. The summed E-state index contributed by atoms with van der Waals surface area (Å²) < 4.78 is 0. The molecule has 1 unspecified atom stereocenters. The van der Waals surface area contributed by atoms with Crippen LogP contribution < -0.4 is 16.6 Å². The molecule has 0 radical (unpaired) electrons. The molecule has 1 rings (SSSR count). The summed E-state index contributed by atoms with van der Waals surface area (Å²) in [6.45, 7) is 4.78. The summed E-state index contributed by atoms with van der Waals surface area (Å²) in [5.74, 6) is -0.626. The summed E-state index contributed by atoms with van der Waals surface area (Å²) in [4.78, 5) is 37.9. The Morgan fingerprint density at radius 1 is 1.41 bits per heavy atom. The normalized spacial score (nSPS) is 13.2. The van der Waals surface area contributed by atoms with Crippen LogP contribution in [0.3, 0.4) is 0 Å². The highest BCUT2D eigenvalue weighted by molar-refractivity contribution is 5.92. The zero-order valence-electron chi connectivity index (χ0n) is 9.83. The van der Waals surface area contributed by atoms with Gasteiger partial charge in [0.05, 0.1) is 11.6 Å². The summed E-state index contributed by atoms with van der Waals surface area (Å²) in [6.07, 6.45) is -0.778. The standard InChI is InChI=1S/C10H15N3O4/c1-5(14)10(2,3)13-8(16)6-4-7(15)12-9(17)11-6/h4-5,14H,1-3H3,(H,13,16)(H2,11,12,15,17). The lowest BCUT2D eigenvalue weighted by molar-refractivity contribution is 0.0705. The maximum Gasteiger partial charge on any atom is 0.326 e. The Morgan fingerprint density at radius 3 is 2.47 bits per heavy atom. The van der Waals surface area contributed by atoms with Crippen molar-refractivity contribution in [2.24, 2.45) is 0 Å². The van der Waals surface area contributed by atoms with Crippen LogP contribution in [0.2, 0.25) is 0 Å². The summed E-state index contributed by atoms with van der Waals surface area (Å²) in [7, 11) is 0. The van der Waals surface area contributed by atoms with Crippen LogP contribution in [0, 0.1) is 0 Å². The van der Waals surface area contributed by atoms with E-state index in [2.05, 4.69) is 10.3 Å². The van der Waals surface area contributed by atoms with Gasteiger partial charge in [-0.05, 0) is 20.8 Å². The molecule has 0 bridgehead atoms. The zero-order valence-corrected chi connectivity index (χ0v) is 9.83. The molecule has 0 aliphatic heterocycles. The van der Waals surface area contributed by atoms with Crippen molar-refractivity contribution < 1.29 is 9.90 Å². The fourth-order valence-electron chi connectivity index (χ4n) is 1.06. The minimum absolute atomic E-state index is 0.146. The number of hydrogen-bond donors (Lipinski definition) is 4. The van der Waals surface area contributed by atoms with E-state index >= 15 is 0 Å². The molecule has 0 aromatic carbocycles. The van der Waals surface area contributed by atoms with Crippen LogP contribution in [0.5, 0.6) is 0 Å². The summed E-state index contributed by atoms with van der Waals surface area (Å²) in [5, 5.41) is 11.9. The van der Waals surface area contributed by atoms with E-state index in [1.54, 1.807) is 13.8 Å². The van der Waals surface area contributed by atoms with E-state index in [9.17, 15) is 19.5 Å². The van der Waals surface area contributed by atoms with Gasteiger partial charge in [-0.3, -0.25) is 14.6 Å².